The van der Waals surface area contributed by atoms with Crippen molar-refractivity contribution < 1.29 is 0 Å². The number of aryl methyl sites for hydroxylation is 1. The van der Waals surface area contributed by atoms with E-state index in [4.69, 9.17) is 10.7 Å². The Labute approximate surface area is 95.3 Å². The summed E-state index contributed by atoms with van der Waals surface area (Å²) in [5.41, 5.74) is 10.6. The molecule has 1 aliphatic rings. The molecule has 3 rings (SSSR count). The molecule has 2 N–H and O–H groups in total. The molecule has 0 bridgehead atoms. The largest absolute Gasteiger partial charge is 0.330 e. The molecule has 2 aromatic heterocycles. The van der Waals surface area contributed by atoms with Crippen LogP contribution in [0.2, 0.25) is 0 Å². The number of hydrogen-bond donors (Lipinski definition) is 1. The minimum Gasteiger partial charge on any atom is -0.330 e. The van der Waals surface area contributed by atoms with Crippen molar-refractivity contribution in [2.24, 2.45) is 5.73 Å². The Bertz CT molecular complexity index is 523. The fourth-order valence-corrected chi connectivity index (χ4v) is 2.35. The van der Waals surface area contributed by atoms with Crippen molar-refractivity contribution in [3.05, 3.63) is 35.3 Å². The van der Waals surface area contributed by atoms with Gasteiger partial charge in [-0.15, -0.1) is 0 Å². The van der Waals surface area contributed by atoms with Crippen molar-refractivity contribution in [1.82, 2.24) is 9.38 Å². The van der Waals surface area contributed by atoms with Crippen molar-refractivity contribution in [3.63, 3.8) is 0 Å². The van der Waals surface area contributed by atoms with Gasteiger partial charge in [0.1, 0.15) is 5.65 Å². The number of nitrogens with zero attached hydrogens (tertiary/aromatic N) is 2. The molecular formula is C13H17N3. The lowest BCUT2D eigenvalue weighted by Gasteiger charge is -2.01. The Hall–Kier alpha value is -1.35. The maximum absolute atomic E-state index is 5.63. The first-order chi connectivity index (χ1) is 7.81. The summed E-state index contributed by atoms with van der Waals surface area (Å²) in [6.07, 6.45) is 5.61. The van der Waals surface area contributed by atoms with E-state index in [0.29, 0.717) is 12.5 Å². The zero-order chi connectivity index (χ0) is 11.1. The first-order valence-corrected chi connectivity index (χ1v) is 5.97. The van der Waals surface area contributed by atoms with Crippen LogP contribution in [0.25, 0.3) is 5.65 Å². The van der Waals surface area contributed by atoms with E-state index < -0.39 is 0 Å². The molecule has 0 aromatic carbocycles. The summed E-state index contributed by atoms with van der Waals surface area (Å²) < 4.78 is 2.21. The average molecular weight is 215 g/mol. The first kappa shape index (κ1) is 9.85. The molecule has 0 unspecified atom stereocenters. The molecule has 84 valence electrons. The normalized spacial score (nSPS) is 15.9. The van der Waals surface area contributed by atoms with Gasteiger partial charge in [0.2, 0.25) is 0 Å². The lowest BCUT2D eigenvalue weighted by Crippen LogP contribution is -2.04. The standard InChI is InChI=1S/C13H17N3/c1-9-12(10-4-5-10)15-13-11(6-7-14)3-2-8-16(9)13/h2-3,8,10H,4-7,14H2,1H3. The number of nitrogens with two attached hydrogens (primary N) is 1. The van der Waals surface area contributed by atoms with E-state index in [1.807, 2.05) is 0 Å². The Kier molecular flexibility index (Phi) is 2.21. The highest BCUT2D eigenvalue weighted by Gasteiger charge is 2.28. The molecule has 2 heterocycles. The maximum atomic E-state index is 5.63. The summed E-state index contributed by atoms with van der Waals surface area (Å²) in [5, 5.41) is 0. The lowest BCUT2D eigenvalue weighted by molar-refractivity contribution is 0.956. The van der Waals surface area contributed by atoms with Crippen LogP contribution in [0.3, 0.4) is 0 Å². The van der Waals surface area contributed by atoms with Gasteiger partial charge >= 0.3 is 0 Å². The molecule has 0 aliphatic heterocycles. The van der Waals surface area contributed by atoms with Crippen molar-refractivity contribution in [2.45, 2.75) is 32.1 Å². The Morgan fingerprint density at radius 2 is 2.31 bits per heavy atom. The van der Waals surface area contributed by atoms with E-state index in [1.54, 1.807) is 0 Å². The molecule has 3 nitrogen and oxygen atoms in total. The van der Waals surface area contributed by atoms with Crippen LogP contribution in [0.1, 0.15) is 35.7 Å². The SMILES string of the molecule is Cc1c(C2CC2)nc2c(CCN)cccn12. The fraction of sp³-hybridized carbons (Fsp3) is 0.462. The van der Waals surface area contributed by atoms with E-state index in [-0.39, 0.29) is 0 Å². The number of rotatable bonds is 3. The van der Waals surface area contributed by atoms with Gasteiger partial charge in [-0.3, -0.25) is 0 Å². The zero-order valence-electron chi connectivity index (χ0n) is 9.61. The molecule has 0 atom stereocenters. The smallest absolute Gasteiger partial charge is 0.140 e. The van der Waals surface area contributed by atoms with Crippen LogP contribution in [0.5, 0.6) is 0 Å². The molecule has 1 aliphatic carbocycles. The van der Waals surface area contributed by atoms with Crippen LogP contribution >= 0.6 is 0 Å². The summed E-state index contributed by atoms with van der Waals surface area (Å²) >= 11 is 0. The van der Waals surface area contributed by atoms with Crippen molar-refractivity contribution in [3.8, 4) is 0 Å². The van der Waals surface area contributed by atoms with E-state index in [1.165, 1.54) is 29.8 Å². The summed E-state index contributed by atoms with van der Waals surface area (Å²) in [5.74, 6) is 0.714. The number of imidazole rings is 1. The average Bonchev–Trinajstić information content (AvgIpc) is 3.06. The fourth-order valence-electron chi connectivity index (χ4n) is 2.35. The summed E-state index contributed by atoms with van der Waals surface area (Å²) in [6.45, 7) is 2.85. The lowest BCUT2D eigenvalue weighted by atomic mass is 10.2. The summed E-state index contributed by atoms with van der Waals surface area (Å²) in [4.78, 5) is 4.80. The van der Waals surface area contributed by atoms with Gasteiger partial charge in [0.05, 0.1) is 5.69 Å². The first-order valence-electron chi connectivity index (χ1n) is 5.97. The van der Waals surface area contributed by atoms with Gasteiger partial charge in [-0.25, -0.2) is 4.98 Å². The van der Waals surface area contributed by atoms with Gasteiger partial charge in [-0.1, -0.05) is 6.07 Å². The van der Waals surface area contributed by atoms with E-state index in [0.717, 1.165) is 12.1 Å². The molecule has 1 saturated carbocycles. The third-order valence-electron chi connectivity index (χ3n) is 3.38. The van der Waals surface area contributed by atoms with Gasteiger partial charge in [-0.05, 0) is 44.4 Å². The molecule has 0 spiro atoms. The minimum absolute atomic E-state index is 0.685. The summed E-state index contributed by atoms with van der Waals surface area (Å²) in [6, 6.07) is 4.22. The monoisotopic (exact) mass is 215 g/mol. The number of fused-ring (bicyclic) bond motifs is 1. The van der Waals surface area contributed by atoms with Gasteiger partial charge < -0.3 is 10.1 Å². The molecule has 0 radical (unpaired) electrons. The third kappa shape index (κ3) is 1.43. The van der Waals surface area contributed by atoms with Crippen LogP contribution in [0.15, 0.2) is 18.3 Å². The predicted octanol–water partition coefficient (Wildman–Crippen LogP) is 2.02. The second kappa shape index (κ2) is 3.59. The highest BCUT2D eigenvalue weighted by atomic mass is 15.0. The highest BCUT2D eigenvalue weighted by Crippen LogP contribution is 2.41. The molecule has 2 aromatic rings. The van der Waals surface area contributed by atoms with Crippen LogP contribution in [-0.2, 0) is 6.42 Å². The van der Waals surface area contributed by atoms with Crippen LogP contribution in [-0.4, -0.2) is 15.9 Å². The van der Waals surface area contributed by atoms with Crippen molar-refractivity contribution in [1.29, 1.82) is 0 Å². The van der Waals surface area contributed by atoms with Gasteiger partial charge in [-0.2, -0.15) is 0 Å². The van der Waals surface area contributed by atoms with Crippen LogP contribution < -0.4 is 5.73 Å². The second-order valence-corrected chi connectivity index (χ2v) is 4.62. The minimum atomic E-state index is 0.685. The molecule has 16 heavy (non-hydrogen) atoms. The number of aromatic nitrogens is 2. The zero-order valence-corrected chi connectivity index (χ0v) is 9.61. The van der Waals surface area contributed by atoms with Crippen LogP contribution in [0.4, 0.5) is 0 Å². The van der Waals surface area contributed by atoms with Gasteiger partial charge in [0.25, 0.3) is 0 Å². The predicted molar refractivity (Wildman–Crippen MR) is 64.7 cm³/mol. The molecule has 0 amide bonds. The molecule has 0 saturated heterocycles. The molecular weight excluding hydrogens is 198 g/mol. The Morgan fingerprint density at radius 3 is 3.00 bits per heavy atom. The van der Waals surface area contributed by atoms with E-state index >= 15 is 0 Å². The maximum Gasteiger partial charge on any atom is 0.140 e. The van der Waals surface area contributed by atoms with Crippen LogP contribution in [0, 0.1) is 6.92 Å². The van der Waals surface area contributed by atoms with Gasteiger partial charge in [0, 0.05) is 17.8 Å². The Morgan fingerprint density at radius 1 is 1.50 bits per heavy atom. The quantitative estimate of drug-likeness (QED) is 0.851. The third-order valence-corrected chi connectivity index (χ3v) is 3.38. The second-order valence-electron chi connectivity index (χ2n) is 4.62. The van der Waals surface area contributed by atoms with Gasteiger partial charge in [0.15, 0.2) is 0 Å². The highest BCUT2D eigenvalue weighted by molar-refractivity contribution is 5.52. The van der Waals surface area contributed by atoms with Crippen molar-refractivity contribution in [2.75, 3.05) is 6.54 Å². The Balaban J connectivity index is 2.19. The topological polar surface area (TPSA) is 43.3 Å². The molecule has 1 fully saturated rings. The molecule has 3 heteroatoms. The summed E-state index contributed by atoms with van der Waals surface area (Å²) in [7, 11) is 0. The number of pyridine rings is 1. The number of hydrogen-bond acceptors (Lipinski definition) is 2. The van der Waals surface area contributed by atoms with E-state index in [2.05, 4.69) is 29.7 Å². The van der Waals surface area contributed by atoms with Crippen molar-refractivity contribution >= 4 is 5.65 Å². The van der Waals surface area contributed by atoms with E-state index in [9.17, 15) is 0 Å².